The highest BCUT2D eigenvalue weighted by Crippen LogP contribution is 2.36. The van der Waals surface area contributed by atoms with Crippen molar-refractivity contribution in [3.8, 4) is 34.5 Å². The summed E-state index contributed by atoms with van der Waals surface area (Å²) in [5.41, 5.74) is 6.93. The molecule has 0 bridgehead atoms. The van der Waals surface area contributed by atoms with Crippen LogP contribution < -0.4 is 9.47 Å². The molecule has 0 aliphatic rings. The van der Waals surface area contributed by atoms with E-state index in [1.54, 1.807) is 30.1 Å². The molecule has 4 aromatic heterocycles. The highest BCUT2D eigenvalue weighted by atomic mass is 16.5. The molecule has 0 spiro atoms. The first-order chi connectivity index (χ1) is 17.6. The molecule has 0 radical (unpaired) electrons. The number of ether oxygens (including phenoxy) is 2. The van der Waals surface area contributed by atoms with Gasteiger partial charge < -0.3 is 9.47 Å². The van der Waals surface area contributed by atoms with E-state index in [-0.39, 0.29) is 0 Å². The Labute approximate surface area is 208 Å². The average molecular weight is 480 g/mol. The summed E-state index contributed by atoms with van der Waals surface area (Å²) in [5, 5.41) is 18.0. The van der Waals surface area contributed by atoms with Gasteiger partial charge >= 0.3 is 0 Å². The van der Waals surface area contributed by atoms with Gasteiger partial charge in [0.1, 0.15) is 11.8 Å². The van der Waals surface area contributed by atoms with Crippen molar-refractivity contribution in [1.29, 1.82) is 5.26 Å². The molecule has 0 saturated heterocycles. The predicted octanol–water partition coefficient (Wildman–Crippen LogP) is 4.49. The lowest BCUT2D eigenvalue weighted by molar-refractivity contribution is 0.298. The number of benzene rings is 1. The standard InChI is InChI=1S/C27H25N7O2/c1-18-14-22(6-4-13-36-25-10-7-20(16-28)17-29-25)34-27(31-18)26(19(2)32-34)23-9-8-21(15-24(23)35-3)33-12-5-11-30-33/h5,7-12,14-15,17H,4,6,13H2,1-3H3. The fraction of sp³-hybridized carbons (Fsp3) is 0.222. The third-order valence-corrected chi connectivity index (χ3v) is 5.88. The third-order valence-electron chi connectivity index (χ3n) is 5.88. The molecule has 36 heavy (non-hydrogen) atoms. The molecule has 0 aliphatic heterocycles. The molecule has 0 atom stereocenters. The molecule has 0 N–H and O–H groups in total. The minimum Gasteiger partial charge on any atom is -0.496 e. The predicted molar refractivity (Wildman–Crippen MR) is 134 cm³/mol. The molecule has 4 heterocycles. The summed E-state index contributed by atoms with van der Waals surface area (Å²) >= 11 is 0. The highest BCUT2D eigenvalue weighted by Gasteiger charge is 2.19. The largest absolute Gasteiger partial charge is 0.496 e. The Morgan fingerprint density at radius 1 is 1.11 bits per heavy atom. The highest BCUT2D eigenvalue weighted by molar-refractivity contribution is 5.84. The van der Waals surface area contributed by atoms with Crippen molar-refractivity contribution in [2.24, 2.45) is 0 Å². The Morgan fingerprint density at radius 2 is 2.00 bits per heavy atom. The van der Waals surface area contributed by atoms with Crippen LogP contribution in [0.1, 0.15) is 29.1 Å². The molecule has 9 heteroatoms. The van der Waals surface area contributed by atoms with Gasteiger partial charge in [0.15, 0.2) is 5.65 Å². The molecular weight excluding hydrogens is 454 g/mol. The van der Waals surface area contributed by atoms with E-state index in [0.717, 1.165) is 58.1 Å². The number of hydrogen-bond acceptors (Lipinski definition) is 7. The zero-order chi connectivity index (χ0) is 25.1. The van der Waals surface area contributed by atoms with Gasteiger partial charge in [-0.3, -0.25) is 0 Å². The van der Waals surface area contributed by atoms with Gasteiger partial charge in [-0.05, 0) is 57.0 Å². The number of methoxy groups -OCH3 is 1. The molecular formula is C27H25N7O2. The van der Waals surface area contributed by atoms with E-state index in [0.29, 0.717) is 18.1 Å². The van der Waals surface area contributed by atoms with Crippen LogP contribution >= 0.6 is 0 Å². The first kappa shape index (κ1) is 23.1. The van der Waals surface area contributed by atoms with Gasteiger partial charge in [0.25, 0.3) is 0 Å². The van der Waals surface area contributed by atoms with Gasteiger partial charge in [-0.15, -0.1) is 0 Å². The lowest BCUT2D eigenvalue weighted by atomic mass is 10.0. The summed E-state index contributed by atoms with van der Waals surface area (Å²) in [5.74, 6) is 1.24. The first-order valence-electron chi connectivity index (χ1n) is 11.6. The van der Waals surface area contributed by atoms with Crippen LogP contribution in [0, 0.1) is 25.2 Å². The van der Waals surface area contributed by atoms with E-state index in [2.05, 4.69) is 22.2 Å². The van der Waals surface area contributed by atoms with E-state index in [1.165, 1.54) is 6.20 Å². The summed E-state index contributed by atoms with van der Waals surface area (Å²) in [7, 11) is 1.67. The minimum absolute atomic E-state index is 0.498. The number of pyridine rings is 1. The number of nitriles is 1. The third kappa shape index (κ3) is 4.49. The Hall–Kier alpha value is -4.71. The Morgan fingerprint density at radius 3 is 2.72 bits per heavy atom. The van der Waals surface area contributed by atoms with Crippen molar-refractivity contribution >= 4 is 5.65 Å². The number of aromatic nitrogens is 6. The summed E-state index contributed by atoms with van der Waals surface area (Å²) in [6.07, 6.45) is 6.68. The van der Waals surface area contributed by atoms with Crippen molar-refractivity contribution in [2.45, 2.75) is 26.7 Å². The van der Waals surface area contributed by atoms with E-state index >= 15 is 0 Å². The molecule has 1 aromatic carbocycles. The Kier molecular flexibility index (Phi) is 6.33. The molecule has 5 aromatic rings. The van der Waals surface area contributed by atoms with Crippen LogP contribution in [-0.2, 0) is 6.42 Å². The smallest absolute Gasteiger partial charge is 0.213 e. The number of aryl methyl sites for hydroxylation is 3. The number of fused-ring (bicyclic) bond motifs is 1. The topological polar surface area (TPSA) is 103 Å². The van der Waals surface area contributed by atoms with E-state index in [1.807, 2.05) is 48.8 Å². The van der Waals surface area contributed by atoms with E-state index in [9.17, 15) is 0 Å². The zero-order valence-corrected chi connectivity index (χ0v) is 20.3. The van der Waals surface area contributed by atoms with Crippen LogP contribution in [0.4, 0.5) is 0 Å². The lowest BCUT2D eigenvalue weighted by Crippen LogP contribution is -2.06. The van der Waals surface area contributed by atoms with Crippen LogP contribution in [0.15, 0.2) is 61.1 Å². The number of nitrogens with zero attached hydrogens (tertiary/aromatic N) is 7. The summed E-state index contributed by atoms with van der Waals surface area (Å²) < 4.78 is 15.2. The normalized spacial score (nSPS) is 10.9. The number of rotatable bonds is 8. The van der Waals surface area contributed by atoms with E-state index in [4.69, 9.17) is 24.8 Å². The minimum atomic E-state index is 0.498. The van der Waals surface area contributed by atoms with Gasteiger partial charge in [-0.2, -0.15) is 15.5 Å². The van der Waals surface area contributed by atoms with Crippen LogP contribution in [0.5, 0.6) is 11.6 Å². The SMILES string of the molecule is COc1cc(-n2cccn2)ccc1-c1c(C)nn2c(CCCOc3ccc(C#N)cn3)cc(C)nc12. The van der Waals surface area contributed by atoms with Crippen molar-refractivity contribution in [3.63, 3.8) is 0 Å². The second kappa shape index (κ2) is 9.88. The van der Waals surface area contributed by atoms with Crippen molar-refractivity contribution in [1.82, 2.24) is 29.4 Å². The van der Waals surface area contributed by atoms with Gasteiger partial charge in [0.2, 0.25) is 5.88 Å². The Balaban J connectivity index is 1.41. The molecule has 0 amide bonds. The van der Waals surface area contributed by atoms with Crippen molar-refractivity contribution < 1.29 is 9.47 Å². The maximum absolute atomic E-state index is 8.90. The first-order valence-corrected chi connectivity index (χ1v) is 11.6. The quantitative estimate of drug-likeness (QED) is 0.302. The summed E-state index contributed by atoms with van der Waals surface area (Å²) in [6.45, 7) is 4.48. The molecule has 180 valence electrons. The van der Waals surface area contributed by atoms with Crippen LogP contribution in [0.25, 0.3) is 22.5 Å². The maximum Gasteiger partial charge on any atom is 0.213 e. The Bertz CT molecular complexity index is 1550. The molecule has 0 unspecified atom stereocenters. The summed E-state index contributed by atoms with van der Waals surface area (Å²) in [4.78, 5) is 8.99. The maximum atomic E-state index is 8.90. The van der Waals surface area contributed by atoms with E-state index < -0.39 is 0 Å². The fourth-order valence-corrected chi connectivity index (χ4v) is 4.23. The molecule has 0 saturated carbocycles. The molecule has 0 fully saturated rings. The van der Waals surface area contributed by atoms with Gasteiger partial charge in [-0.25, -0.2) is 19.2 Å². The molecule has 5 rings (SSSR count). The van der Waals surface area contributed by atoms with Gasteiger partial charge in [-0.1, -0.05) is 0 Å². The second-order valence-corrected chi connectivity index (χ2v) is 8.37. The zero-order valence-electron chi connectivity index (χ0n) is 20.3. The fourth-order valence-electron chi connectivity index (χ4n) is 4.23. The second-order valence-electron chi connectivity index (χ2n) is 8.37. The van der Waals surface area contributed by atoms with Crippen LogP contribution in [0.3, 0.4) is 0 Å². The lowest BCUT2D eigenvalue weighted by Gasteiger charge is -2.12. The van der Waals surface area contributed by atoms with Crippen LogP contribution in [0.2, 0.25) is 0 Å². The van der Waals surface area contributed by atoms with Crippen molar-refractivity contribution in [2.75, 3.05) is 13.7 Å². The van der Waals surface area contributed by atoms with Gasteiger partial charge in [0, 0.05) is 47.7 Å². The average Bonchev–Trinajstić information content (AvgIpc) is 3.54. The number of hydrogen-bond donors (Lipinski definition) is 0. The van der Waals surface area contributed by atoms with Gasteiger partial charge in [0.05, 0.1) is 36.2 Å². The van der Waals surface area contributed by atoms with Crippen LogP contribution in [-0.4, -0.2) is 43.1 Å². The van der Waals surface area contributed by atoms with Crippen molar-refractivity contribution in [3.05, 3.63) is 83.7 Å². The molecule has 9 nitrogen and oxygen atoms in total. The molecule has 0 aliphatic carbocycles. The monoisotopic (exact) mass is 479 g/mol. The summed E-state index contributed by atoms with van der Waals surface area (Å²) in [6, 6.07) is 15.4.